The average molecular weight is 622 g/mol. The van der Waals surface area contributed by atoms with E-state index < -0.39 is 17.9 Å². The van der Waals surface area contributed by atoms with E-state index in [0.717, 1.165) is 11.4 Å². The van der Waals surface area contributed by atoms with Gasteiger partial charge in [-0.25, -0.2) is 4.98 Å². The molecule has 1 aliphatic heterocycles. The van der Waals surface area contributed by atoms with Gasteiger partial charge in [-0.1, -0.05) is 37.6 Å². The molecule has 2 aromatic carbocycles. The van der Waals surface area contributed by atoms with Crippen LogP contribution in [0.2, 0.25) is 5.02 Å². The zero-order valence-corrected chi connectivity index (χ0v) is 25.7. The number of carbonyl (C=O) groups excluding carboxylic acids is 3. The van der Waals surface area contributed by atoms with Crippen LogP contribution in [0, 0.1) is 5.92 Å². The minimum Gasteiger partial charge on any atom is -0.494 e. The third-order valence-corrected chi connectivity index (χ3v) is 7.48. The number of halogens is 1. The largest absolute Gasteiger partial charge is 0.494 e. The maximum Gasteiger partial charge on any atom is 0.290 e. The van der Waals surface area contributed by atoms with Crippen LogP contribution >= 0.6 is 11.6 Å². The third-order valence-electron chi connectivity index (χ3n) is 7.26. The predicted molar refractivity (Wildman–Crippen MR) is 166 cm³/mol. The van der Waals surface area contributed by atoms with E-state index in [1.54, 1.807) is 24.4 Å². The van der Waals surface area contributed by atoms with Crippen molar-refractivity contribution < 1.29 is 28.3 Å². The standard InChI is InChI=1S/C32H36ClN5O6/c1-20(2)14-25-31(40)35-9-12-37-11-8-34-30(37)21-6-4-7-24(16-21)43-13-5-10-38(19-28(39)36-25)32(41)27-17-22-15-23(33)18-26(42-3)29(22)44-27/h4,6-8,11,15-18,20,25H,5,9-10,12-14,19H2,1-3H3,(H,35,40)(H,36,39)/t25-/m1/s1. The van der Waals surface area contributed by atoms with E-state index in [4.69, 9.17) is 25.5 Å². The Hall–Kier alpha value is -4.51. The summed E-state index contributed by atoms with van der Waals surface area (Å²) in [5.41, 5.74) is 1.26. The molecule has 232 valence electrons. The molecule has 1 aliphatic rings. The molecule has 0 saturated heterocycles. The Morgan fingerprint density at radius 1 is 1.18 bits per heavy atom. The van der Waals surface area contributed by atoms with Crippen molar-refractivity contribution in [3.8, 4) is 22.9 Å². The van der Waals surface area contributed by atoms with Crippen molar-refractivity contribution in [2.75, 3.05) is 33.4 Å². The van der Waals surface area contributed by atoms with Gasteiger partial charge in [-0.15, -0.1) is 0 Å². The van der Waals surface area contributed by atoms with Gasteiger partial charge >= 0.3 is 0 Å². The monoisotopic (exact) mass is 621 g/mol. The molecule has 0 radical (unpaired) electrons. The third kappa shape index (κ3) is 7.34. The second kappa shape index (κ2) is 13.9. The van der Waals surface area contributed by atoms with Crippen molar-refractivity contribution >= 4 is 40.3 Å². The summed E-state index contributed by atoms with van der Waals surface area (Å²) in [5, 5.41) is 6.83. The van der Waals surface area contributed by atoms with E-state index in [1.165, 1.54) is 12.0 Å². The normalized spacial score (nSPS) is 16.8. The number of benzene rings is 2. The maximum absolute atomic E-state index is 13.7. The number of imidazole rings is 1. The zero-order valence-electron chi connectivity index (χ0n) is 25.0. The van der Waals surface area contributed by atoms with Crippen LogP contribution in [0.5, 0.6) is 11.5 Å². The number of fused-ring (bicyclic) bond motifs is 5. The quantitative estimate of drug-likeness (QED) is 0.343. The summed E-state index contributed by atoms with van der Waals surface area (Å²) in [5.74, 6) is 0.747. The highest BCUT2D eigenvalue weighted by atomic mass is 35.5. The first-order valence-electron chi connectivity index (χ1n) is 14.6. The number of methoxy groups -OCH3 is 1. The number of aromatic nitrogens is 2. The number of hydrogen-bond acceptors (Lipinski definition) is 7. The van der Waals surface area contributed by atoms with Gasteiger partial charge in [0.25, 0.3) is 5.91 Å². The summed E-state index contributed by atoms with van der Waals surface area (Å²) in [7, 11) is 1.49. The topological polar surface area (TPSA) is 128 Å². The lowest BCUT2D eigenvalue weighted by Gasteiger charge is -2.24. The van der Waals surface area contributed by atoms with E-state index in [2.05, 4.69) is 15.6 Å². The molecule has 2 aromatic heterocycles. The van der Waals surface area contributed by atoms with Crippen molar-refractivity contribution in [1.82, 2.24) is 25.1 Å². The van der Waals surface area contributed by atoms with Gasteiger partial charge in [-0.05, 0) is 43.0 Å². The molecule has 2 bridgehead atoms. The molecule has 4 aromatic rings. The Bertz CT molecular complexity index is 1650. The second-order valence-corrected chi connectivity index (χ2v) is 11.5. The van der Waals surface area contributed by atoms with Crippen LogP contribution in [-0.2, 0) is 16.1 Å². The number of carbonyl (C=O) groups is 3. The van der Waals surface area contributed by atoms with E-state index in [9.17, 15) is 14.4 Å². The van der Waals surface area contributed by atoms with Crippen molar-refractivity contribution in [1.29, 1.82) is 0 Å². The number of nitrogens with one attached hydrogen (secondary N) is 2. The Morgan fingerprint density at radius 3 is 2.82 bits per heavy atom. The van der Waals surface area contributed by atoms with Gasteiger partial charge < -0.3 is 34.0 Å². The van der Waals surface area contributed by atoms with Gasteiger partial charge in [0.2, 0.25) is 11.8 Å². The lowest BCUT2D eigenvalue weighted by atomic mass is 10.0. The molecule has 11 nitrogen and oxygen atoms in total. The molecule has 12 heteroatoms. The predicted octanol–water partition coefficient (Wildman–Crippen LogP) is 4.53. The smallest absolute Gasteiger partial charge is 0.290 e. The van der Waals surface area contributed by atoms with Crippen molar-refractivity contribution in [3.05, 3.63) is 65.6 Å². The summed E-state index contributed by atoms with van der Waals surface area (Å²) in [4.78, 5) is 46.2. The minimum absolute atomic E-state index is 0.0381. The molecule has 0 spiro atoms. The fourth-order valence-corrected chi connectivity index (χ4v) is 5.43. The number of hydrogen-bond donors (Lipinski definition) is 2. The summed E-state index contributed by atoms with van der Waals surface area (Å²) in [6.07, 6.45) is 4.45. The summed E-state index contributed by atoms with van der Waals surface area (Å²) < 4.78 is 19.3. The van der Waals surface area contributed by atoms with Gasteiger partial charge in [0.05, 0.1) is 20.3 Å². The van der Waals surface area contributed by atoms with Crippen LogP contribution < -0.4 is 20.1 Å². The number of nitrogens with zero attached hydrogens (tertiary/aromatic N) is 3. The summed E-state index contributed by atoms with van der Waals surface area (Å²) in [6, 6.07) is 11.7. The molecule has 0 saturated carbocycles. The Balaban J connectivity index is 1.42. The highest BCUT2D eigenvalue weighted by molar-refractivity contribution is 6.31. The van der Waals surface area contributed by atoms with Crippen LogP contribution in [0.1, 0.15) is 37.2 Å². The fraction of sp³-hybridized carbons (Fsp3) is 0.375. The van der Waals surface area contributed by atoms with Gasteiger partial charge in [0, 0.05) is 54.1 Å². The highest BCUT2D eigenvalue weighted by Crippen LogP contribution is 2.33. The van der Waals surface area contributed by atoms with Gasteiger partial charge in [0.1, 0.15) is 17.6 Å². The van der Waals surface area contributed by atoms with E-state index in [1.807, 2.05) is 48.9 Å². The molecule has 2 N–H and O–H groups in total. The molecule has 0 unspecified atom stereocenters. The van der Waals surface area contributed by atoms with E-state index in [0.29, 0.717) is 60.0 Å². The second-order valence-electron chi connectivity index (χ2n) is 11.1. The molecular weight excluding hydrogens is 586 g/mol. The Kier molecular flexibility index (Phi) is 9.74. The number of rotatable bonds is 4. The zero-order chi connectivity index (χ0) is 31.2. The van der Waals surface area contributed by atoms with Crippen molar-refractivity contribution in [2.24, 2.45) is 5.92 Å². The van der Waals surface area contributed by atoms with Crippen LogP contribution in [0.25, 0.3) is 22.4 Å². The molecule has 5 rings (SSSR count). The first kappa shape index (κ1) is 30.9. The first-order chi connectivity index (χ1) is 21.2. The molecule has 0 fully saturated rings. The lowest BCUT2D eigenvalue weighted by Crippen LogP contribution is -2.51. The molecule has 44 heavy (non-hydrogen) atoms. The molecular formula is C32H36ClN5O6. The highest BCUT2D eigenvalue weighted by Gasteiger charge is 2.27. The summed E-state index contributed by atoms with van der Waals surface area (Å²) in [6.45, 7) is 5.02. The van der Waals surface area contributed by atoms with Gasteiger partial charge in [-0.2, -0.15) is 0 Å². The van der Waals surface area contributed by atoms with Gasteiger partial charge in [-0.3, -0.25) is 14.4 Å². The molecule has 1 atom stereocenters. The fourth-order valence-electron chi connectivity index (χ4n) is 5.21. The van der Waals surface area contributed by atoms with Gasteiger partial charge in [0.15, 0.2) is 17.1 Å². The Labute approximate surface area is 260 Å². The van der Waals surface area contributed by atoms with E-state index >= 15 is 0 Å². The number of amides is 3. The first-order valence-corrected chi connectivity index (χ1v) is 15.0. The number of ether oxygens (including phenoxy) is 2. The molecule has 3 heterocycles. The van der Waals surface area contributed by atoms with Crippen molar-refractivity contribution in [2.45, 2.75) is 39.3 Å². The summed E-state index contributed by atoms with van der Waals surface area (Å²) >= 11 is 6.21. The van der Waals surface area contributed by atoms with E-state index in [-0.39, 0.29) is 30.7 Å². The Morgan fingerprint density at radius 2 is 2.02 bits per heavy atom. The average Bonchev–Trinajstić information content (AvgIpc) is 3.64. The van der Waals surface area contributed by atoms with Crippen molar-refractivity contribution in [3.63, 3.8) is 0 Å². The van der Waals surface area contributed by atoms with Crippen LogP contribution in [-0.4, -0.2) is 71.6 Å². The molecule has 0 aliphatic carbocycles. The van der Waals surface area contributed by atoms with Crippen LogP contribution in [0.4, 0.5) is 0 Å². The van der Waals surface area contributed by atoms with Crippen LogP contribution in [0.15, 0.2) is 59.3 Å². The van der Waals surface area contributed by atoms with Crippen LogP contribution in [0.3, 0.4) is 0 Å². The molecule has 3 amide bonds. The number of furan rings is 1. The minimum atomic E-state index is -0.766. The SMILES string of the molecule is COc1cc(Cl)cc2cc(C(=O)N3CCCOc4cccc(c4)-c4nccn4CCNC(=O)[C@@H](CC(C)C)NC(=O)C3)oc12. The maximum atomic E-state index is 13.7. The lowest BCUT2D eigenvalue weighted by molar-refractivity contribution is -0.129.